The van der Waals surface area contributed by atoms with Crippen LogP contribution in [0.4, 0.5) is 4.79 Å². The predicted octanol–water partition coefficient (Wildman–Crippen LogP) is -0.356. The van der Waals surface area contributed by atoms with Gasteiger partial charge in [0.1, 0.15) is 0 Å². The zero-order chi connectivity index (χ0) is 15.8. The van der Waals surface area contributed by atoms with E-state index in [-0.39, 0.29) is 25.0 Å². The highest BCUT2D eigenvalue weighted by Gasteiger charge is 2.37. The number of carbonyl (C=O) groups excluding carboxylic acids is 2. The molecule has 3 N–H and O–H groups in total. The summed E-state index contributed by atoms with van der Waals surface area (Å²) in [5.74, 6) is -1.84. The van der Waals surface area contributed by atoms with E-state index in [1.165, 1.54) is 7.05 Å². The minimum atomic E-state index is -0.881. The summed E-state index contributed by atoms with van der Waals surface area (Å²) in [4.78, 5) is 35.8. The number of carboxylic acid groups (broad SMARTS) is 1. The standard InChI is InChI=1S/C13H23N3O5/c1-3-5-16(6-4-11(17)15-13(20)14-2)10-8-21-7-9(10)12(18)19/h9-10H,3-8H2,1-2H3,(H,18,19)(H2,14,15,17,20). The number of nitrogens with zero attached hydrogens (tertiary/aromatic N) is 1. The van der Waals surface area contributed by atoms with Gasteiger partial charge >= 0.3 is 12.0 Å². The first kappa shape index (κ1) is 17.4. The van der Waals surface area contributed by atoms with Gasteiger partial charge in [-0.1, -0.05) is 6.92 Å². The number of carboxylic acids is 1. The SMILES string of the molecule is CCCN(CCC(=O)NC(=O)NC)C1COCC1C(=O)O. The lowest BCUT2D eigenvalue weighted by Crippen LogP contribution is -2.45. The molecule has 21 heavy (non-hydrogen) atoms. The molecule has 0 radical (unpaired) electrons. The molecule has 0 aromatic carbocycles. The molecule has 0 spiro atoms. The van der Waals surface area contributed by atoms with Crippen LogP contribution in [0.15, 0.2) is 0 Å². The van der Waals surface area contributed by atoms with Crippen molar-refractivity contribution in [3.05, 3.63) is 0 Å². The van der Waals surface area contributed by atoms with E-state index in [2.05, 4.69) is 10.6 Å². The quantitative estimate of drug-likeness (QED) is 0.593. The lowest BCUT2D eigenvalue weighted by atomic mass is 10.0. The molecule has 1 rings (SSSR count). The van der Waals surface area contributed by atoms with Crippen LogP contribution in [0.1, 0.15) is 19.8 Å². The number of aliphatic carboxylic acids is 1. The number of urea groups is 1. The third-order valence-corrected chi connectivity index (χ3v) is 3.45. The van der Waals surface area contributed by atoms with Crippen LogP contribution in [0.5, 0.6) is 0 Å². The Labute approximate surface area is 123 Å². The van der Waals surface area contributed by atoms with Crippen molar-refractivity contribution < 1.29 is 24.2 Å². The second-order valence-corrected chi connectivity index (χ2v) is 4.96. The van der Waals surface area contributed by atoms with Crippen molar-refractivity contribution >= 4 is 17.9 Å². The van der Waals surface area contributed by atoms with Crippen molar-refractivity contribution in [2.75, 3.05) is 33.4 Å². The molecule has 0 aromatic heterocycles. The second-order valence-electron chi connectivity index (χ2n) is 4.96. The smallest absolute Gasteiger partial charge is 0.321 e. The van der Waals surface area contributed by atoms with E-state index in [4.69, 9.17) is 4.74 Å². The maximum absolute atomic E-state index is 11.6. The van der Waals surface area contributed by atoms with Gasteiger partial charge in [0.2, 0.25) is 5.91 Å². The number of nitrogens with one attached hydrogen (secondary N) is 2. The monoisotopic (exact) mass is 301 g/mol. The number of ether oxygens (including phenoxy) is 1. The Balaban J connectivity index is 2.55. The lowest BCUT2D eigenvalue weighted by molar-refractivity contribution is -0.143. The summed E-state index contributed by atoms with van der Waals surface area (Å²) in [7, 11) is 1.43. The van der Waals surface area contributed by atoms with Gasteiger partial charge in [-0.2, -0.15) is 0 Å². The van der Waals surface area contributed by atoms with Crippen molar-refractivity contribution in [2.45, 2.75) is 25.8 Å². The van der Waals surface area contributed by atoms with Crippen molar-refractivity contribution in [3.8, 4) is 0 Å². The molecule has 1 aliphatic heterocycles. The minimum Gasteiger partial charge on any atom is -0.481 e. The normalized spacial score (nSPS) is 21.3. The molecule has 2 unspecified atom stereocenters. The molecular formula is C13H23N3O5. The largest absolute Gasteiger partial charge is 0.481 e. The predicted molar refractivity (Wildman–Crippen MR) is 74.8 cm³/mol. The van der Waals surface area contributed by atoms with Crippen LogP contribution in [0.2, 0.25) is 0 Å². The highest BCUT2D eigenvalue weighted by Crippen LogP contribution is 2.20. The van der Waals surface area contributed by atoms with Crippen LogP contribution in [-0.4, -0.2) is 67.3 Å². The van der Waals surface area contributed by atoms with Gasteiger partial charge in [0.15, 0.2) is 0 Å². The third kappa shape index (κ3) is 5.31. The van der Waals surface area contributed by atoms with Gasteiger partial charge in [0, 0.05) is 26.1 Å². The summed E-state index contributed by atoms with van der Waals surface area (Å²) in [6, 6.07) is -0.773. The topological polar surface area (TPSA) is 108 Å². The number of imide groups is 1. The highest BCUT2D eigenvalue weighted by atomic mass is 16.5. The van der Waals surface area contributed by atoms with E-state index in [0.29, 0.717) is 19.7 Å². The molecule has 8 heteroatoms. The summed E-state index contributed by atoms with van der Waals surface area (Å²) in [5.41, 5.74) is 0. The average Bonchev–Trinajstić information content (AvgIpc) is 2.92. The Hall–Kier alpha value is -1.67. The molecule has 1 aliphatic rings. The van der Waals surface area contributed by atoms with Crippen LogP contribution >= 0.6 is 0 Å². The van der Waals surface area contributed by atoms with Crippen LogP contribution in [0.25, 0.3) is 0 Å². The average molecular weight is 301 g/mol. The van der Waals surface area contributed by atoms with Crippen molar-refractivity contribution in [2.24, 2.45) is 5.92 Å². The van der Waals surface area contributed by atoms with Gasteiger partial charge in [-0.25, -0.2) is 4.79 Å². The molecule has 1 saturated heterocycles. The number of carbonyl (C=O) groups is 3. The molecule has 2 atom stereocenters. The Morgan fingerprint density at radius 1 is 1.29 bits per heavy atom. The van der Waals surface area contributed by atoms with E-state index in [9.17, 15) is 19.5 Å². The first-order chi connectivity index (χ1) is 9.99. The molecule has 1 heterocycles. The molecular weight excluding hydrogens is 278 g/mol. The summed E-state index contributed by atoms with van der Waals surface area (Å²) in [6.45, 7) is 3.63. The maximum Gasteiger partial charge on any atom is 0.321 e. The van der Waals surface area contributed by atoms with Crippen LogP contribution in [0, 0.1) is 5.92 Å². The number of amides is 3. The first-order valence-corrected chi connectivity index (χ1v) is 7.05. The van der Waals surface area contributed by atoms with Crippen LogP contribution in [-0.2, 0) is 14.3 Å². The van der Waals surface area contributed by atoms with E-state index >= 15 is 0 Å². The molecule has 8 nitrogen and oxygen atoms in total. The zero-order valence-electron chi connectivity index (χ0n) is 12.4. The van der Waals surface area contributed by atoms with E-state index < -0.39 is 17.9 Å². The Morgan fingerprint density at radius 2 is 2.00 bits per heavy atom. The van der Waals surface area contributed by atoms with E-state index in [1.54, 1.807) is 0 Å². The van der Waals surface area contributed by atoms with Gasteiger partial charge in [0.05, 0.1) is 19.1 Å². The van der Waals surface area contributed by atoms with Crippen molar-refractivity contribution in [3.63, 3.8) is 0 Å². The van der Waals surface area contributed by atoms with Gasteiger partial charge in [-0.15, -0.1) is 0 Å². The fourth-order valence-corrected chi connectivity index (χ4v) is 2.37. The fraction of sp³-hybridized carbons (Fsp3) is 0.769. The van der Waals surface area contributed by atoms with Crippen LogP contribution in [0.3, 0.4) is 0 Å². The Morgan fingerprint density at radius 3 is 2.57 bits per heavy atom. The fourth-order valence-electron chi connectivity index (χ4n) is 2.37. The summed E-state index contributed by atoms with van der Waals surface area (Å²) < 4.78 is 5.26. The Bertz CT molecular complexity index is 388. The van der Waals surface area contributed by atoms with Gasteiger partial charge < -0.3 is 15.2 Å². The van der Waals surface area contributed by atoms with Crippen molar-refractivity contribution in [1.82, 2.24) is 15.5 Å². The first-order valence-electron chi connectivity index (χ1n) is 7.05. The maximum atomic E-state index is 11.6. The highest BCUT2D eigenvalue weighted by molar-refractivity contribution is 5.94. The van der Waals surface area contributed by atoms with Gasteiger partial charge in [-0.3, -0.25) is 19.8 Å². The molecule has 0 aliphatic carbocycles. The second kappa shape index (κ2) is 8.58. The zero-order valence-corrected chi connectivity index (χ0v) is 12.4. The molecule has 0 saturated carbocycles. The van der Waals surface area contributed by atoms with Crippen molar-refractivity contribution in [1.29, 1.82) is 0 Å². The van der Waals surface area contributed by atoms with E-state index in [0.717, 1.165) is 6.42 Å². The molecule has 1 fully saturated rings. The van der Waals surface area contributed by atoms with Gasteiger partial charge in [0.25, 0.3) is 0 Å². The number of hydrogen-bond acceptors (Lipinski definition) is 5. The van der Waals surface area contributed by atoms with Crippen LogP contribution < -0.4 is 10.6 Å². The summed E-state index contributed by atoms with van der Waals surface area (Å²) >= 11 is 0. The molecule has 3 amide bonds. The summed E-state index contributed by atoms with van der Waals surface area (Å²) in [5, 5.41) is 13.7. The minimum absolute atomic E-state index is 0.135. The summed E-state index contributed by atoms with van der Waals surface area (Å²) in [6.07, 6.45) is 0.982. The number of rotatable bonds is 7. The third-order valence-electron chi connectivity index (χ3n) is 3.45. The molecule has 120 valence electrons. The van der Waals surface area contributed by atoms with Gasteiger partial charge in [-0.05, 0) is 13.0 Å². The number of hydrogen-bond donors (Lipinski definition) is 3. The van der Waals surface area contributed by atoms with E-state index in [1.807, 2.05) is 11.8 Å². The lowest BCUT2D eigenvalue weighted by Gasteiger charge is -2.29. The Kier molecular flexibility index (Phi) is 7.10. The molecule has 0 aromatic rings. The molecule has 0 bridgehead atoms.